The number of nitrogens with one attached hydrogen (secondary N) is 3. The van der Waals surface area contributed by atoms with Crippen molar-refractivity contribution < 1.29 is 23.2 Å². The highest BCUT2D eigenvalue weighted by Gasteiger charge is 2.30. The molecule has 0 aliphatic heterocycles. The van der Waals surface area contributed by atoms with Crippen LogP contribution in [0, 0.1) is 24.1 Å². The van der Waals surface area contributed by atoms with Crippen molar-refractivity contribution in [2.75, 3.05) is 5.32 Å². The zero-order valence-corrected chi connectivity index (χ0v) is 18.0. The minimum absolute atomic E-state index is 0.0882. The largest absolute Gasteiger partial charge is 0.329 e. The second-order valence-corrected chi connectivity index (χ2v) is 6.87. The van der Waals surface area contributed by atoms with Crippen molar-refractivity contribution in [1.82, 2.24) is 5.48 Å². The standard InChI is InChI=1S/C14H17F2N3O2.C7H7F.C2H6/c15-14(16)18-12-6-9(2-4-11(12)7-17)8-1-3-10(5-8)13(20)19-21;1-6-4-2-3-5-7(6)8;1-2/h2,4,6-8,10,14,17-18,21H,1,3,5H2,(H,19,20);2-5H,1H3;1-2H3. The lowest BCUT2D eigenvalue weighted by Crippen LogP contribution is -2.26. The van der Waals surface area contributed by atoms with Crippen molar-refractivity contribution in [2.24, 2.45) is 5.92 Å². The summed E-state index contributed by atoms with van der Waals surface area (Å²) >= 11 is 0. The summed E-state index contributed by atoms with van der Waals surface area (Å²) in [6.45, 7) is 3.05. The Morgan fingerprint density at radius 1 is 1.19 bits per heavy atom. The fourth-order valence-corrected chi connectivity index (χ4v) is 3.36. The fourth-order valence-electron chi connectivity index (χ4n) is 3.36. The summed E-state index contributed by atoms with van der Waals surface area (Å²) < 4.78 is 37.3. The lowest BCUT2D eigenvalue weighted by molar-refractivity contribution is -0.133. The maximum absolute atomic E-state index is 12.5. The van der Waals surface area contributed by atoms with Crippen LogP contribution in [0.4, 0.5) is 18.9 Å². The van der Waals surface area contributed by atoms with Gasteiger partial charge in [-0.1, -0.05) is 44.2 Å². The van der Waals surface area contributed by atoms with Crippen LogP contribution in [0.3, 0.4) is 0 Å². The summed E-state index contributed by atoms with van der Waals surface area (Å²) in [5.41, 5.74) is 3.82. The number of benzene rings is 2. The molecular weight excluding hydrogens is 407 g/mol. The second kappa shape index (κ2) is 13.4. The summed E-state index contributed by atoms with van der Waals surface area (Å²) in [6.07, 6.45) is 3.01. The number of hydrogen-bond donors (Lipinski definition) is 4. The minimum Gasteiger partial charge on any atom is -0.329 e. The van der Waals surface area contributed by atoms with E-state index in [9.17, 15) is 18.0 Å². The minimum atomic E-state index is -2.70. The molecule has 1 amide bonds. The van der Waals surface area contributed by atoms with E-state index in [0.717, 1.165) is 18.2 Å². The Bertz CT molecular complexity index is 826. The zero-order valence-electron chi connectivity index (χ0n) is 18.0. The van der Waals surface area contributed by atoms with Gasteiger partial charge >= 0.3 is 6.55 Å². The number of anilines is 1. The molecule has 0 saturated heterocycles. The van der Waals surface area contributed by atoms with E-state index in [4.69, 9.17) is 10.6 Å². The van der Waals surface area contributed by atoms with Crippen molar-refractivity contribution in [1.29, 1.82) is 5.41 Å². The van der Waals surface area contributed by atoms with Gasteiger partial charge in [-0.2, -0.15) is 8.78 Å². The normalized spacial score (nSPS) is 17.0. The van der Waals surface area contributed by atoms with E-state index in [0.29, 0.717) is 24.0 Å². The molecule has 2 aromatic carbocycles. The summed E-state index contributed by atoms with van der Waals surface area (Å²) in [7, 11) is 0. The monoisotopic (exact) mass is 437 g/mol. The molecule has 0 heterocycles. The summed E-state index contributed by atoms with van der Waals surface area (Å²) in [4.78, 5) is 11.4. The van der Waals surface area contributed by atoms with Crippen LogP contribution in [0.25, 0.3) is 0 Å². The Morgan fingerprint density at radius 2 is 1.87 bits per heavy atom. The lowest BCUT2D eigenvalue weighted by atomic mass is 9.94. The highest BCUT2D eigenvalue weighted by molar-refractivity contribution is 5.86. The van der Waals surface area contributed by atoms with Gasteiger partial charge in [0.25, 0.3) is 0 Å². The molecule has 0 bridgehead atoms. The Labute approximate surface area is 181 Å². The SMILES string of the molecule is CC.Cc1ccccc1F.N=Cc1ccc(C2CCC(C(=O)NO)C2)cc1NC(F)F. The molecule has 5 nitrogen and oxygen atoms in total. The third-order valence-electron chi connectivity index (χ3n) is 4.96. The Hall–Kier alpha value is -2.87. The van der Waals surface area contributed by atoms with E-state index in [2.05, 4.69) is 0 Å². The van der Waals surface area contributed by atoms with Gasteiger partial charge < -0.3 is 10.7 Å². The van der Waals surface area contributed by atoms with E-state index in [1.807, 2.05) is 25.2 Å². The second-order valence-electron chi connectivity index (χ2n) is 6.87. The first-order chi connectivity index (χ1) is 14.8. The van der Waals surface area contributed by atoms with Crippen LogP contribution < -0.4 is 10.8 Å². The number of hydrogen-bond acceptors (Lipinski definition) is 4. The first kappa shape index (κ1) is 26.2. The van der Waals surface area contributed by atoms with Gasteiger partial charge in [0.2, 0.25) is 5.91 Å². The van der Waals surface area contributed by atoms with Gasteiger partial charge in [-0.05, 0) is 55.4 Å². The third kappa shape index (κ3) is 8.05. The van der Waals surface area contributed by atoms with Crippen LogP contribution in [0.1, 0.15) is 55.7 Å². The predicted molar refractivity (Wildman–Crippen MR) is 116 cm³/mol. The number of halogens is 3. The highest BCUT2D eigenvalue weighted by Crippen LogP contribution is 2.39. The van der Waals surface area contributed by atoms with E-state index in [1.165, 1.54) is 6.07 Å². The smallest absolute Gasteiger partial charge is 0.312 e. The van der Waals surface area contributed by atoms with Crippen molar-refractivity contribution in [2.45, 2.75) is 52.5 Å². The van der Waals surface area contributed by atoms with Gasteiger partial charge in [-0.3, -0.25) is 10.0 Å². The Morgan fingerprint density at radius 3 is 2.39 bits per heavy atom. The molecule has 170 valence electrons. The predicted octanol–water partition coefficient (Wildman–Crippen LogP) is 5.87. The molecule has 1 aliphatic rings. The van der Waals surface area contributed by atoms with Crippen LogP contribution in [0.15, 0.2) is 42.5 Å². The van der Waals surface area contributed by atoms with Crippen LogP contribution in [-0.4, -0.2) is 23.9 Å². The van der Waals surface area contributed by atoms with Crippen molar-refractivity contribution in [3.05, 3.63) is 65.0 Å². The summed E-state index contributed by atoms with van der Waals surface area (Å²) in [5.74, 6) is -0.703. The highest BCUT2D eigenvalue weighted by atomic mass is 19.3. The molecule has 1 aliphatic carbocycles. The molecule has 4 N–H and O–H groups in total. The molecule has 2 unspecified atom stereocenters. The van der Waals surface area contributed by atoms with Crippen LogP contribution in [0.5, 0.6) is 0 Å². The van der Waals surface area contributed by atoms with Gasteiger partial charge in [0.15, 0.2) is 0 Å². The van der Waals surface area contributed by atoms with Crippen molar-refractivity contribution in [3.8, 4) is 0 Å². The molecular formula is C23H30F3N3O2. The molecule has 2 atom stereocenters. The van der Waals surface area contributed by atoms with Gasteiger partial charge in [0.1, 0.15) is 5.82 Å². The van der Waals surface area contributed by atoms with Gasteiger partial charge in [-0.25, -0.2) is 9.87 Å². The molecule has 31 heavy (non-hydrogen) atoms. The first-order valence-electron chi connectivity index (χ1n) is 10.2. The number of aryl methyl sites for hydroxylation is 1. The Kier molecular flexibility index (Phi) is 11.3. The van der Waals surface area contributed by atoms with E-state index < -0.39 is 12.5 Å². The fraction of sp³-hybridized carbons (Fsp3) is 0.391. The van der Waals surface area contributed by atoms with Gasteiger partial charge in [-0.15, -0.1) is 0 Å². The van der Waals surface area contributed by atoms with Gasteiger partial charge in [0.05, 0.1) is 0 Å². The van der Waals surface area contributed by atoms with E-state index in [-0.39, 0.29) is 23.3 Å². The molecule has 0 spiro atoms. The van der Waals surface area contributed by atoms with Crippen molar-refractivity contribution >= 4 is 17.8 Å². The van der Waals surface area contributed by atoms with Gasteiger partial charge in [0, 0.05) is 23.4 Å². The summed E-state index contributed by atoms with van der Waals surface area (Å²) in [6, 6.07) is 11.7. The maximum atomic E-state index is 12.5. The maximum Gasteiger partial charge on any atom is 0.312 e. The third-order valence-corrected chi connectivity index (χ3v) is 4.96. The quantitative estimate of drug-likeness (QED) is 0.204. The summed E-state index contributed by atoms with van der Waals surface area (Å²) in [5, 5.41) is 17.9. The molecule has 0 radical (unpaired) electrons. The number of hydroxylamine groups is 1. The molecule has 8 heteroatoms. The Balaban J connectivity index is 0.000000400. The number of rotatable bonds is 5. The number of carbonyl (C=O) groups excluding carboxylic acids is 1. The molecule has 1 saturated carbocycles. The van der Waals surface area contributed by atoms with Crippen LogP contribution in [0.2, 0.25) is 0 Å². The van der Waals surface area contributed by atoms with Crippen molar-refractivity contribution in [3.63, 3.8) is 0 Å². The zero-order chi connectivity index (χ0) is 23.4. The van der Waals surface area contributed by atoms with E-state index >= 15 is 0 Å². The lowest BCUT2D eigenvalue weighted by Gasteiger charge is -2.15. The molecule has 3 rings (SSSR count). The number of amides is 1. The average Bonchev–Trinajstić information content (AvgIpc) is 3.27. The first-order valence-corrected chi connectivity index (χ1v) is 10.2. The average molecular weight is 438 g/mol. The molecule has 1 fully saturated rings. The topological polar surface area (TPSA) is 85.2 Å². The van der Waals surface area contributed by atoms with Crippen LogP contribution >= 0.6 is 0 Å². The number of carbonyl (C=O) groups is 1. The van der Waals surface area contributed by atoms with E-state index in [1.54, 1.807) is 42.7 Å². The molecule has 0 aromatic heterocycles. The van der Waals surface area contributed by atoms with Crippen LogP contribution in [-0.2, 0) is 4.79 Å². The molecule has 2 aromatic rings. The number of alkyl halides is 2.